The van der Waals surface area contributed by atoms with Crippen LogP contribution in [0.4, 0.5) is 9.18 Å². The van der Waals surface area contributed by atoms with Gasteiger partial charge in [-0.2, -0.15) is 0 Å². The van der Waals surface area contributed by atoms with Crippen molar-refractivity contribution >= 4 is 12.1 Å². The van der Waals surface area contributed by atoms with Gasteiger partial charge >= 0.3 is 12.1 Å². The summed E-state index contributed by atoms with van der Waals surface area (Å²) in [6.45, 7) is 3.23. The van der Waals surface area contributed by atoms with Gasteiger partial charge in [0.2, 0.25) is 0 Å². The molecule has 0 saturated carbocycles. The van der Waals surface area contributed by atoms with E-state index in [4.69, 9.17) is 9.47 Å². The highest BCUT2D eigenvalue weighted by Crippen LogP contribution is 2.42. The van der Waals surface area contributed by atoms with E-state index in [1.165, 1.54) is 29.2 Å². The van der Waals surface area contributed by atoms with Gasteiger partial charge in [-0.15, -0.1) is 0 Å². The van der Waals surface area contributed by atoms with Crippen LogP contribution in [0.15, 0.2) is 54.6 Å². The first kappa shape index (κ1) is 18.8. The van der Waals surface area contributed by atoms with Crippen molar-refractivity contribution < 1.29 is 28.6 Å². The molecule has 0 radical (unpaired) electrons. The van der Waals surface area contributed by atoms with Gasteiger partial charge in [-0.1, -0.05) is 42.5 Å². The van der Waals surface area contributed by atoms with Crippen molar-refractivity contribution in [3.05, 3.63) is 71.5 Å². The molecular weight excluding hydrogens is 353 g/mol. The summed E-state index contributed by atoms with van der Waals surface area (Å²) in [6.07, 6.45) is -2.00. The number of carbonyl (C=O) groups is 2. The molecule has 1 saturated heterocycles. The van der Waals surface area contributed by atoms with E-state index in [-0.39, 0.29) is 6.61 Å². The van der Waals surface area contributed by atoms with Gasteiger partial charge in [0.1, 0.15) is 24.2 Å². The lowest BCUT2D eigenvalue weighted by molar-refractivity contribution is -0.155. The van der Waals surface area contributed by atoms with Crippen molar-refractivity contribution in [1.82, 2.24) is 4.90 Å². The first-order chi connectivity index (χ1) is 12.8. The summed E-state index contributed by atoms with van der Waals surface area (Å²) in [7, 11) is 0. The second kappa shape index (κ2) is 7.36. The maximum absolute atomic E-state index is 13.3. The molecular formula is C20H20FNO5. The van der Waals surface area contributed by atoms with Gasteiger partial charge in [0.05, 0.1) is 0 Å². The Morgan fingerprint density at radius 1 is 1.15 bits per heavy atom. The van der Waals surface area contributed by atoms with E-state index in [9.17, 15) is 19.1 Å². The number of benzene rings is 2. The molecule has 1 aliphatic rings. The van der Waals surface area contributed by atoms with E-state index in [1.54, 1.807) is 13.8 Å². The van der Waals surface area contributed by atoms with Crippen LogP contribution in [0.1, 0.15) is 31.0 Å². The fraction of sp³-hybridized carbons (Fsp3) is 0.300. The van der Waals surface area contributed by atoms with E-state index in [2.05, 4.69) is 0 Å². The molecule has 1 N–H and O–H groups in total. The SMILES string of the molecule is CC1(C)OC(C(=O)O)C(c2ccc(F)cc2)N1C(=O)OCc1ccccc1. The van der Waals surface area contributed by atoms with Crippen LogP contribution in [-0.4, -0.2) is 33.9 Å². The summed E-state index contributed by atoms with van der Waals surface area (Å²) < 4.78 is 24.3. The minimum absolute atomic E-state index is 0.0418. The van der Waals surface area contributed by atoms with Crippen molar-refractivity contribution in [3.8, 4) is 0 Å². The molecule has 27 heavy (non-hydrogen) atoms. The molecule has 1 heterocycles. The number of rotatable bonds is 4. The second-order valence-electron chi connectivity index (χ2n) is 6.73. The Morgan fingerprint density at radius 2 is 1.78 bits per heavy atom. The zero-order valence-electron chi connectivity index (χ0n) is 15.0. The maximum atomic E-state index is 13.3. The number of hydrogen-bond donors (Lipinski definition) is 1. The Bertz CT molecular complexity index is 822. The Labute approximate surface area is 156 Å². The number of ether oxygens (including phenoxy) is 2. The molecule has 6 nitrogen and oxygen atoms in total. The van der Waals surface area contributed by atoms with Gasteiger partial charge < -0.3 is 14.6 Å². The lowest BCUT2D eigenvalue weighted by atomic mass is 10.0. The van der Waals surface area contributed by atoms with Crippen LogP contribution in [0.5, 0.6) is 0 Å². The van der Waals surface area contributed by atoms with E-state index >= 15 is 0 Å². The number of aliphatic carboxylic acids is 1. The van der Waals surface area contributed by atoms with Crippen molar-refractivity contribution in [2.45, 2.75) is 38.3 Å². The largest absolute Gasteiger partial charge is 0.479 e. The van der Waals surface area contributed by atoms with Crippen LogP contribution >= 0.6 is 0 Å². The van der Waals surface area contributed by atoms with Gasteiger partial charge in [-0.05, 0) is 37.1 Å². The highest BCUT2D eigenvalue weighted by Gasteiger charge is 2.54. The lowest BCUT2D eigenvalue weighted by Crippen LogP contribution is -2.45. The van der Waals surface area contributed by atoms with Crippen LogP contribution in [0.2, 0.25) is 0 Å². The van der Waals surface area contributed by atoms with Crippen LogP contribution < -0.4 is 0 Å². The molecule has 2 atom stereocenters. The summed E-state index contributed by atoms with van der Waals surface area (Å²) in [4.78, 5) is 25.8. The number of carboxylic acids is 1. The molecule has 7 heteroatoms. The zero-order chi connectivity index (χ0) is 19.6. The van der Waals surface area contributed by atoms with Crippen molar-refractivity contribution in [3.63, 3.8) is 0 Å². The standard InChI is InChI=1S/C20H20FNO5/c1-20(2)22(19(25)26-12-13-6-4-3-5-7-13)16(17(27-20)18(23)24)14-8-10-15(21)11-9-14/h3-11,16-17H,12H2,1-2H3,(H,23,24). The van der Waals surface area contributed by atoms with Gasteiger partial charge in [0.15, 0.2) is 6.10 Å². The Hall–Kier alpha value is -2.93. The molecule has 142 valence electrons. The fourth-order valence-electron chi connectivity index (χ4n) is 3.19. The molecule has 3 rings (SSSR count). The van der Waals surface area contributed by atoms with Crippen molar-refractivity contribution in [2.75, 3.05) is 0 Å². The third-order valence-electron chi connectivity index (χ3n) is 4.42. The monoisotopic (exact) mass is 373 g/mol. The highest BCUT2D eigenvalue weighted by atomic mass is 19.1. The van der Waals surface area contributed by atoms with Gasteiger partial charge in [-0.3, -0.25) is 4.90 Å². The molecule has 1 aliphatic heterocycles. The van der Waals surface area contributed by atoms with E-state index in [1.807, 2.05) is 30.3 Å². The van der Waals surface area contributed by atoms with Crippen molar-refractivity contribution in [2.24, 2.45) is 0 Å². The summed E-state index contributed by atoms with van der Waals surface area (Å²) in [6, 6.07) is 13.5. The summed E-state index contributed by atoms with van der Waals surface area (Å²) in [5.74, 6) is -1.67. The molecule has 0 aliphatic carbocycles. The lowest BCUT2D eigenvalue weighted by Gasteiger charge is -2.32. The van der Waals surface area contributed by atoms with Crippen LogP contribution in [0, 0.1) is 5.82 Å². The Balaban J connectivity index is 1.89. The first-order valence-electron chi connectivity index (χ1n) is 8.46. The minimum atomic E-state index is -1.30. The molecule has 2 aromatic rings. The average molecular weight is 373 g/mol. The quantitative estimate of drug-likeness (QED) is 0.884. The molecule has 0 spiro atoms. The zero-order valence-corrected chi connectivity index (χ0v) is 15.0. The summed E-state index contributed by atoms with van der Waals surface area (Å²) in [5.41, 5.74) is 0.0403. The average Bonchev–Trinajstić information content (AvgIpc) is 2.93. The van der Waals surface area contributed by atoms with Crippen LogP contribution in [0.25, 0.3) is 0 Å². The smallest absolute Gasteiger partial charge is 0.413 e. The Kier molecular flexibility index (Phi) is 5.14. The molecule has 0 bridgehead atoms. The van der Waals surface area contributed by atoms with Crippen LogP contribution in [-0.2, 0) is 20.9 Å². The summed E-state index contributed by atoms with van der Waals surface area (Å²) in [5, 5.41) is 9.56. The number of carbonyl (C=O) groups excluding carboxylic acids is 1. The minimum Gasteiger partial charge on any atom is -0.479 e. The van der Waals surface area contributed by atoms with E-state index in [0.29, 0.717) is 5.56 Å². The van der Waals surface area contributed by atoms with Gasteiger partial charge in [-0.25, -0.2) is 14.0 Å². The molecule has 2 unspecified atom stereocenters. The summed E-state index contributed by atoms with van der Waals surface area (Å²) >= 11 is 0. The fourth-order valence-corrected chi connectivity index (χ4v) is 3.19. The van der Waals surface area contributed by atoms with Gasteiger partial charge in [0, 0.05) is 0 Å². The number of hydrogen-bond acceptors (Lipinski definition) is 4. The predicted molar refractivity (Wildman–Crippen MR) is 94.2 cm³/mol. The number of nitrogens with zero attached hydrogens (tertiary/aromatic N) is 1. The third kappa shape index (κ3) is 3.93. The molecule has 1 fully saturated rings. The maximum Gasteiger partial charge on any atom is 0.413 e. The highest BCUT2D eigenvalue weighted by molar-refractivity contribution is 5.78. The first-order valence-corrected chi connectivity index (χ1v) is 8.46. The van der Waals surface area contributed by atoms with E-state index in [0.717, 1.165) is 5.56 Å². The van der Waals surface area contributed by atoms with Gasteiger partial charge in [0.25, 0.3) is 0 Å². The molecule has 0 aromatic heterocycles. The third-order valence-corrected chi connectivity index (χ3v) is 4.42. The Morgan fingerprint density at radius 3 is 2.37 bits per heavy atom. The number of halogens is 1. The van der Waals surface area contributed by atoms with Crippen molar-refractivity contribution in [1.29, 1.82) is 0 Å². The predicted octanol–water partition coefficient (Wildman–Crippen LogP) is 3.73. The van der Waals surface area contributed by atoms with E-state index < -0.39 is 35.8 Å². The van der Waals surface area contributed by atoms with Crippen LogP contribution in [0.3, 0.4) is 0 Å². The number of amides is 1. The number of carboxylic acid groups (broad SMARTS) is 1. The molecule has 2 aromatic carbocycles. The normalized spacial score (nSPS) is 21.1. The topological polar surface area (TPSA) is 76.1 Å². The second-order valence-corrected chi connectivity index (χ2v) is 6.73. The molecule has 1 amide bonds.